The van der Waals surface area contributed by atoms with Gasteiger partial charge >= 0.3 is 0 Å². The molecule has 1 aromatic rings. The Morgan fingerprint density at radius 1 is 1.53 bits per heavy atom. The van der Waals surface area contributed by atoms with Crippen LogP contribution in [-0.4, -0.2) is 11.4 Å². The number of carbonyl (C=O) groups is 1. The van der Waals surface area contributed by atoms with Crippen molar-refractivity contribution in [2.45, 2.75) is 6.10 Å². The maximum absolute atomic E-state index is 10.7. The molecule has 78 valence electrons. The van der Waals surface area contributed by atoms with Crippen LogP contribution >= 0.6 is 0 Å². The van der Waals surface area contributed by atoms with Gasteiger partial charge in [0.15, 0.2) is 6.29 Å². The van der Waals surface area contributed by atoms with Gasteiger partial charge in [-0.15, -0.1) is 11.5 Å². The second-order valence-electron chi connectivity index (χ2n) is 2.81. The summed E-state index contributed by atoms with van der Waals surface area (Å²) < 4.78 is 0. The number of aldehydes is 1. The van der Waals surface area contributed by atoms with E-state index < -0.39 is 6.10 Å². The zero-order chi connectivity index (χ0) is 11.3. The van der Waals surface area contributed by atoms with E-state index >= 15 is 0 Å². The number of carbonyl (C=O) groups excluding carboxylic acids is 1. The third-order valence-corrected chi connectivity index (χ3v) is 1.95. The standard InChI is InChI=1S/C10H10N2O3/c1-2-9(14)10-7(6-13)4-3-5-8(10)11-12-15/h2-6,9,14H,1H2,(H,11,15). The van der Waals surface area contributed by atoms with Gasteiger partial charge in [-0.3, -0.25) is 4.79 Å². The number of benzene rings is 1. The van der Waals surface area contributed by atoms with E-state index in [2.05, 4.69) is 17.3 Å². The maximum Gasteiger partial charge on any atom is 0.150 e. The molecule has 1 atom stereocenters. The smallest absolute Gasteiger partial charge is 0.150 e. The number of aliphatic hydroxyl groups is 1. The molecule has 2 N–H and O–H groups in total. The molecule has 5 heteroatoms. The summed E-state index contributed by atoms with van der Waals surface area (Å²) in [4.78, 5) is 20.8. The molecule has 0 saturated carbocycles. The number of nitroso groups, excluding NO2 is 1. The monoisotopic (exact) mass is 206 g/mol. The molecule has 0 aliphatic heterocycles. The summed E-state index contributed by atoms with van der Waals surface area (Å²) in [6.45, 7) is 3.41. The number of aliphatic hydroxyl groups excluding tert-OH is 1. The largest absolute Gasteiger partial charge is 0.384 e. The van der Waals surface area contributed by atoms with Gasteiger partial charge in [-0.25, -0.2) is 5.43 Å². The van der Waals surface area contributed by atoms with Gasteiger partial charge in [0.25, 0.3) is 0 Å². The Balaban J connectivity index is 3.31. The fourth-order valence-electron chi connectivity index (χ4n) is 1.28. The Bertz CT molecular complexity index is 390. The van der Waals surface area contributed by atoms with Crippen molar-refractivity contribution in [3.63, 3.8) is 0 Å². The van der Waals surface area contributed by atoms with Crippen LogP contribution in [0, 0.1) is 4.91 Å². The maximum atomic E-state index is 10.7. The van der Waals surface area contributed by atoms with E-state index in [-0.39, 0.29) is 5.56 Å². The van der Waals surface area contributed by atoms with Crippen LogP contribution in [0.2, 0.25) is 0 Å². The second kappa shape index (κ2) is 5.02. The van der Waals surface area contributed by atoms with Gasteiger partial charge in [0.1, 0.15) is 0 Å². The number of nitrogens with one attached hydrogen (secondary N) is 1. The third kappa shape index (κ3) is 2.26. The topological polar surface area (TPSA) is 78.8 Å². The Morgan fingerprint density at radius 2 is 2.27 bits per heavy atom. The minimum absolute atomic E-state index is 0.288. The molecule has 0 aliphatic rings. The van der Waals surface area contributed by atoms with Gasteiger partial charge in [-0.1, -0.05) is 18.2 Å². The minimum atomic E-state index is -1.02. The highest BCUT2D eigenvalue weighted by Crippen LogP contribution is 2.26. The molecule has 0 amide bonds. The molecule has 0 aromatic heterocycles. The molecular formula is C10H10N2O3. The minimum Gasteiger partial charge on any atom is -0.384 e. The number of hydrogen-bond donors (Lipinski definition) is 2. The zero-order valence-electron chi connectivity index (χ0n) is 7.88. The van der Waals surface area contributed by atoms with Crippen molar-refractivity contribution in [2.24, 2.45) is 5.29 Å². The summed E-state index contributed by atoms with van der Waals surface area (Å²) in [6, 6.07) is 4.65. The Morgan fingerprint density at radius 3 is 2.80 bits per heavy atom. The van der Waals surface area contributed by atoms with E-state index in [0.29, 0.717) is 17.5 Å². The molecule has 0 saturated heterocycles. The summed E-state index contributed by atoms with van der Waals surface area (Å²) in [5, 5.41) is 12.1. The molecule has 0 heterocycles. The number of anilines is 1. The summed E-state index contributed by atoms with van der Waals surface area (Å²) in [5.74, 6) is 0. The molecule has 1 rings (SSSR count). The molecule has 15 heavy (non-hydrogen) atoms. The molecule has 0 spiro atoms. The molecule has 1 aromatic carbocycles. The summed E-state index contributed by atoms with van der Waals surface area (Å²) >= 11 is 0. The average molecular weight is 206 g/mol. The lowest BCUT2D eigenvalue weighted by atomic mass is 10.0. The lowest BCUT2D eigenvalue weighted by Gasteiger charge is -2.12. The molecule has 1 unspecified atom stereocenters. The molecule has 0 radical (unpaired) electrons. The van der Waals surface area contributed by atoms with Gasteiger partial charge in [0, 0.05) is 11.1 Å². The van der Waals surface area contributed by atoms with E-state index in [0.717, 1.165) is 0 Å². The van der Waals surface area contributed by atoms with Crippen LogP contribution in [0.15, 0.2) is 36.1 Å². The van der Waals surface area contributed by atoms with Crippen molar-refractivity contribution >= 4 is 12.0 Å². The van der Waals surface area contributed by atoms with Crippen molar-refractivity contribution in [3.05, 3.63) is 46.9 Å². The highest BCUT2D eigenvalue weighted by atomic mass is 16.3. The summed E-state index contributed by atoms with van der Waals surface area (Å²) in [5.41, 5.74) is 3.04. The predicted octanol–water partition coefficient (Wildman–Crippen LogP) is 1.81. The Kier molecular flexibility index (Phi) is 3.70. The predicted molar refractivity (Wildman–Crippen MR) is 56.4 cm³/mol. The summed E-state index contributed by atoms with van der Waals surface area (Å²) in [6.07, 6.45) is 0.840. The molecule has 0 bridgehead atoms. The van der Waals surface area contributed by atoms with E-state index in [1.807, 2.05) is 0 Å². The zero-order valence-corrected chi connectivity index (χ0v) is 7.88. The van der Waals surface area contributed by atoms with Crippen LogP contribution in [0.25, 0.3) is 0 Å². The highest BCUT2D eigenvalue weighted by molar-refractivity contribution is 5.81. The first-order valence-electron chi connectivity index (χ1n) is 4.21. The second-order valence-corrected chi connectivity index (χ2v) is 2.81. The van der Waals surface area contributed by atoms with Crippen molar-refractivity contribution in [2.75, 3.05) is 5.43 Å². The first-order valence-corrected chi connectivity index (χ1v) is 4.21. The van der Waals surface area contributed by atoms with Gasteiger partial charge in [0.05, 0.1) is 17.1 Å². The van der Waals surface area contributed by atoms with Crippen molar-refractivity contribution < 1.29 is 9.90 Å². The van der Waals surface area contributed by atoms with Crippen LogP contribution in [0.4, 0.5) is 5.69 Å². The molecule has 5 nitrogen and oxygen atoms in total. The first kappa shape index (κ1) is 11.1. The van der Waals surface area contributed by atoms with Crippen LogP contribution < -0.4 is 5.43 Å². The lowest BCUT2D eigenvalue weighted by Crippen LogP contribution is -2.03. The van der Waals surface area contributed by atoms with Crippen LogP contribution in [0.5, 0.6) is 0 Å². The average Bonchev–Trinajstić information content (AvgIpc) is 2.28. The number of nitrogens with zero attached hydrogens (tertiary/aromatic N) is 1. The van der Waals surface area contributed by atoms with E-state index in [1.165, 1.54) is 18.2 Å². The van der Waals surface area contributed by atoms with E-state index in [9.17, 15) is 14.8 Å². The number of rotatable bonds is 5. The molecule has 0 fully saturated rings. The Hall–Kier alpha value is -2.01. The summed E-state index contributed by atoms with van der Waals surface area (Å²) in [7, 11) is 0. The van der Waals surface area contributed by atoms with Gasteiger partial charge in [-0.2, -0.15) is 0 Å². The highest BCUT2D eigenvalue weighted by Gasteiger charge is 2.13. The first-order chi connectivity index (χ1) is 7.24. The van der Waals surface area contributed by atoms with Crippen LogP contribution in [0.3, 0.4) is 0 Å². The van der Waals surface area contributed by atoms with Crippen molar-refractivity contribution in [3.8, 4) is 0 Å². The quantitative estimate of drug-likeness (QED) is 0.333. The number of hydrogen-bond acceptors (Lipinski definition) is 4. The fourth-order valence-corrected chi connectivity index (χ4v) is 1.28. The van der Waals surface area contributed by atoms with Gasteiger partial charge in [-0.05, 0) is 6.07 Å². The fraction of sp³-hybridized carbons (Fsp3) is 0.100. The van der Waals surface area contributed by atoms with Crippen molar-refractivity contribution in [1.82, 2.24) is 0 Å². The Labute approximate surface area is 86.4 Å². The van der Waals surface area contributed by atoms with E-state index in [1.54, 1.807) is 6.07 Å². The van der Waals surface area contributed by atoms with Gasteiger partial charge < -0.3 is 5.11 Å². The SMILES string of the molecule is C=CC(O)c1c(C=O)cccc1NN=O. The van der Waals surface area contributed by atoms with Crippen LogP contribution in [-0.2, 0) is 0 Å². The molecular weight excluding hydrogens is 196 g/mol. The molecule has 0 aliphatic carbocycles. The van der Waals surface area contributed by atoms with E-state index in [4.69, 9.17) is 0 Å². The third-order valence-electron chi connectivity index (χ3n) is 1.95. The normalized spacial score (nSPS) is 11.5. The lowest BCUT2D eigenvalue weighted by molar-refractivity contribution is 0.111. The van der Waals surface area contributed by atoms with Crippen LogP contribution in [0.1, 0.15) is 22.0 Å². The van der Waals surface area contributed by atoms with Gasteiger partial charge in [0.2, 0.25) is 0 Å². The van der Waals surface area contributed by atoms with Crippen molar-refractivity contribution in [1.29, 1.82) is 0 Å².